The van der Waals surface area contributed by atoms with E-state index in [4.69, 9.17) is 0 Å². The number of rotatable bonds is 10. The van der Waals surface area contributed by atoms with Crippen molar-refractivity contribution >= 4 is 64.6 Å². The standard InChI is InChI=1S/C109H94/c1-61(2)43-45-109(46-44-62(3)4)103-48-64(6)63(5)47-91(103)94-55-85(69-35-41-81-79-37-31-65(49-95(79)105(7,8)99(81)53-69)67-33-39-83-92-56-87-75-27-19-15-23-71(75)73-25-17-21-29-77(73)89(87)59-101(92)107(11,12)97(83)51-67)86(58-104(94)109)70-36-42-82-80-38-32-66(50-96(80)106(9,10)100(82)54-70)68-34-40-84-93-57-88-76-28-20-16-24-72(76)74-26-18-22-30-78(74)90(88)60-102(93)108(13,14)98(84)52-68/h15-42,47-62H,43-46H2,1-14H3. The molecule has 0 N–H and O–H groups in total. The molecule has 0 bridgehead atoms. The second-order valence-electron chi connectivity index (χ2n) is 36.5. The van der Waals surface area contributed by atoms with E-state index in [0.29, 0.717) is 11.8 Å². The van der Waals surface area contributed by atoms with Crippen molar-refractivity contribution < 1.29 is 0 Å². The summed E-state index contributed by atoms with van der Waals surface area (Å²) < 4.78 is 0. The lowest BCUT2D eigenvalue weighted by atomic mass is 9.68. The van der Waals surface area contributed by atoms with Crippen molar-refractivity contribution in [2.24, 2.45) is 11.8 Å². The van der Waals surface area contributed by atoms with Crippen LogP contribution in [0.4, 0.5) is 0 Å². The first kappa shape index (κ1) is 66.3. The third-order valence-corrected chi connectivity index (χ3v) is 28.1. The molecule has 0 radical (unpaired) electrons. The Balaban J connectivity index is 0.666. The van der Waals surface area contributed by atoms with Crippen LogP contribution in [0.3, 0.4) is 0 Å². The fourth-order valence-electron chi connectivity index (χ4n) is 21.8. The van der Waals surface area contributed by atoms with Crippen LogP contribution < -0.4 is 0 Å². The molecule has 0 spiro atoms. The van der Waals surface area contributed by atoms with Crippen molar-refractivity contribution in [3.63, 3.8) is 0 Å². The second-order valence-corrected chi connectivity index (χ2v) is 36.5. The lowest BCUT2D eigenvalue weighted by Crippen LogP contribution is -2.27. The second kappa shape index (κ2) is 23.1. The molecule has 0 nitrogen and oxygen atoms in total. The van der Waals surface area contributed by atoms with Crippen LogP contribution in [0.25, 0.3) is 165 Å². The Morgan fingerprint density at radius 3 is 0.771 bits per heavy atom. The molecule has 16 aromatic rings. The molecule has 0 saturated heterocycles. The Bertz CT molecular complexity index is 6730. The largest absolute Gasteiger partial charge is 0.0628 e. The van der Waals surface area contributed by atoms with E-state index < -0.39 is 0 Å². The molecule has 0 aromatic heterocycles. The number of hydrogen-bond donors (Lipinski definition) is 0. The quantitative estimate of drug-likeness (QED) is 0.120. The fraction of sp³-hybridized carbons (Fsp3) is 0.229. The van der Waals surface area contributed by atoms with E-state index in [0.717, 1.165) is 12.8 Å². The van der Waals surface area contributed by atoms with Crippen molar-refractivity contribution in [3.05, 3.63) is 322 Å². The molecule has 5 aliphatic rings. The van der Waals surface area contributed by atoms with E-state index in [1.807, 2.05) is 0 Å². The molecule has 0 unspecified atom stereocenters. The maximum atomic E-state index is 2.73. The predicted octanol–water partition coefficient (Wildman–Crippen LogP) is 30.3. The zero-order valence-electron chi connectivity index (χ0n) is 65.7. The molecular weight excluding hydrogens is 1310 g/mol. The fourth-order valence-corrected chi connectivity index (χ4v) is 21.8. The lowest BCUT2D eigenvalue weighted by molar-refractivity contribution is 0.364. The molecular formula is C109H94. The summed E-state index contributed by atoms with van der Waals surface area (Å²) >= 11 is 0. The van der Waals surface area contributed by atoms with Crippen molar-refractivity contribution in [2.45, 2.75) is 150 Å². The van der Waals surface area contributed by atoms with Gasteiger partial charge in [0.25, 0.3) is 0 Å². The molecule has 0 aliphatic heterocycles. The summed E-state index contributed by atoms with van der Waals surface area (Å²) in [7, 11) is 0. The number of fused-ring (bicyclic) bond motifs is 27. The van der Waals surface area contributed by atoms with Crippen LogP contribution in [0, 0.1) is 25.7 Å². The van der Waals surface area contributed by atoms with Gasteiger partial charge in [-0.25, -0.2) is 0 Å². The minimum atomic E-state index is -0.265. The van der Waals surface area contributed by atoms with E-state index >= 15 is 0 Å². The molecule has 0 saturated carbocycles. The van der Waals surface area contributed by atoms with Gasteiger partial charge in [0.15, 0.2) is 0 Å². The van der Waals surface area contributed by atoms with Crippen molar-refractivity contribution in [1.82, 2.24) is 0 Å². The minimum absolute atomic E-state index is 0.113. The van der Waals surface area contributed by atoms with E-state index in [1.165, 1.54) is 244 Å². The van der Waals surface area contributed by atoms with E-state index in [-0.39, 0.29) is 27.1 Å². The molecule has 109 heavy (non-hydrogen) atoms. The first-order chi connectivity index (χ1) is 52.5. The van der Waals surface area contributed by atoms with Crippen LogP contribution >= 0.6 is 0 Å². The number of aryl methyl sites for hydroxylation is 2. The lowest BCUT2D eigenvalue weighted by Gasteiger charge is -2.35. The average Bonchev–Trinajstić information content (AvgIpc) is 1.60. The van der Waals surface area contributed by atoms with E-state index in [1.54, 1.807) is 0 Å². The molecule has 0 amide bonds. The highest BCUT2D eigenvalue weighted by atomic mass is 14.5. The summed E-state index contributed by atoms with van der Waals surface area (Å²) in [5.74, 6) is 1.17. The van der Waals surface area contributed by atoms with Gasteiger partial charge in [-0.1, -0.05) is 265 Å². The first-order valence-corrected chi connectivity index (χ1v) is 40.4. The third-order valence-electron chi connectivity index (χ3n) is 28.1. The summed E-state index contributed by atoms with van der Waals surface area (Å²) in [6, 6.07) is 101. The zero-order chi connectivity index (χ0) is 74.4. The summed E-state index contributed by atoms with van der Waals surface area (Å²) in [5, 5.41) is 15.9. The van der Waals surface area contributed by atoms with Crippen molar-refractivity contribution in [2.75, 3.05) is 0 Å². The van der Waals surface area contributed by atoms with E-state index in [9.17, 15) is 0 Å². The van der Waals surface area contributed by atoms with Gasteiger partial charge in [0, 0.05) is 27.1 Å². The van der Waals surface area contributed by atoms with Gasteiger partial charge in [0.2, 0.25) is 0 Å². The molecule has 0 heterocycles. The summed E-state index contributed by atoms with van der Waals surface area (Å²) in [6.07, 6.45) is 4.60. The SMILES string of the molecule is Cc1cc2c(cc1C)C(CCC(C)C)(CCC(C)C)c1cc(-c3ccc4c(c3)C(C)(C)c3cc(-c5ccc6c(c5)C(C)(C)c5cc7c8ccccc8c8ccccc8c7cc5-6)ccc3-4)c(-c3ccc4c(c3)C(C)(C)c3cc(-c5ccc6c(c5)C(C)(C)c5cc7c8ccccc8c8ccccc8c7cc5-6)ccc3-4)cc1-2. The predicted molar refractivity (Wildman–Crippen MR) is 467 cm³/mol. The smallest absolute Gasteiger partial charge is 0.0215 e. The van der Waals surface area contributed by atoms with Crippen LogP contribution in [0.5, 0.6) is 0 Å². The van der Waals surface area contributed by atoms with Gasteiger partial charge in [0.05, 0.1) is 0 Å². The summed E-state index contributed by atoms with van der Waals surface area (Å²) in [4.78, 5) is 0. The summed E-state index contributed by atoms with van der Waals surface area (Å²) in [6.45, 7) is 34.1. The van der Waals surface area contributed by atoms with Gasteiger partial charge in [0.1, 0.15) is 0 Å². The maximum Gasteiger partial charge on any atom is 0.0215 e. The van der Waals surface area contributed by atoms with Gasteiger partial charge in [-0.15, -0.1) is 0 Å². The highest BCUT2D eigenvalue weighted by molar-refractivity contribution is 6.28. The first-order valence-electron chi connectivity index (χ1n) is 40.4. The van der Waals surface area contributed by atoms with Gasteiger partial charge < -0.3 is 0 Å². The Labute approximate surface area is 643 Å². The van der Waals surface area contributed by atoms with Crippen molar-refractivity contribution in [3.8, 4) is 100 Å². The van der Waals surface area contributed by atoms with Gasteiger partial charge in [-0.3, -0.25) is 0 Å². The Hall–Kier alpha value is -10.9. The Kier molecular flexibility index (Phi) is 14.0. The third kappa shape index (κ3) is 9.31. The minimum Gasteiger partial charge on any atom is -0.0628 e. The molecule has 16 aromatic carbocycles. The normalized spacial score (nSPS) is 15.7. The van der Waals surface area contributed by atoms with E-state index in [2.05, 4.69) is 352 Å². The molecule has 0 fully saturated rings. The Morgan fingerprint density at radius 1 is 0.202 bits per heavy atom. The topological polar surface area (TPSA) is 0 Å². The molecule has 530 valence electrons. The van der Waals surface area contributed by atoms with Crippen LogP contribution in [0.2, 0.25) is 0 Å². The molecule has 5 aliphatic carbocycles. The van der Waals surface area contributed by atoms with Gasteiger partial charge >= 0.3 is 0 Å². The highest BCUT2D eigenvalue weighted by Crippen LogP contribution is 2.61. The zero-order valence-corrected chi connectivity index (χ0v) is 65.7. The van der Waals surface area contributed by atoms with Crippen LogP contribution in [-0.2, 0) is 27.1 Å². The molecule has 0 heteroatoms. The molecule has 21 rings (SSSR count). The van der Waals surface area contributed by atoms with Crippen LogP contribution in [0.1, 0.15) is 176 Å². The average molecular weight is 1400 g/mol. The summed E-state index contributed by atoms with van der Waals surface area (Å²) in [5.41, 5.74) is 40.0. The molecule has 0 atom stereocenters. The van der Waals surface area contributed by atoms with Gasteiger partial charge in [-0.05, 0) is 356 Å². The number of hydrogen-bond acceptors (Lipinski definition) is 0. The van der Waals surface area contributed by atoms with Crippen molar-refractivity contribution in [1.29, 1.82) is 0 Å². The Morgan fingerprint density at radius 2 is 0.440 bits per heavy atom. The highest BCUT2D eigenvalue weighted by Gasteiger charge is 2.46. The number of benzene rings is 16. The van der Waals surface area contributed by atoms with Gasteiger partial charge in [-0.2, -0.15) is 0 Å². The maximum absolute atomic E-state index is 2.73. The monoisotopic (exact) mass is 1400 g/mol. The van der Waals surface area contributed by atoms with Crippen LogP contribution in [0.15, 0.2) is 255 Å². The van der Waals surface area contributed by atoms with Crippen LogP contribution in [-0.4, -0.2) is 0 Å².